The lowest BCUT2D eigenvalue weighted by atomic mass is 9.97. The smallest absolute Gasteiger partial charge is 0.286 e. The van der Waals surface area contributed by atoms with Crippen LogP contribution in [0.15, 0.2) is 36.4 Å². The molecule has 8 nitrogen and oxygen atoms in total. The second kappa shape index (κ2) is 12.0. The molecule has 1 unspecified atom stereocenters. The lowest BCUT2D eigenvalue weighted by Crippen LogP contribution is -2.49. The van der Waals surface area contributed by atoms with Crippen LogP contribution in [0.5, 0.6) is 11.5 Å². The highest BCUT2D eigenvalue weighted by molar-refractivity contribution is 6.42. The third-order valence-electron chi connectivity index (χ3n) is 7.56. The minimum atomic E-state index is -0.949. The number of likely N-dealkylation sites (tertiary alicyclic amines) is 1. The second-order valence-electron chi connectivity index (χ2n) is 10.6. The van der Waals surface area contributed by atoms with Crippen molar-refractivity contribution >= 4 is 17.4 Å². The van der Waals surface area contributed by atoms with Gasteiger partial charge in [0.1, 0.15) is 17.7 Å². The highest BCUT2D eigenvalue weighted by atomic mass is 16.5. The van der Waals surface area contributed by atoms with Crippen LogP contribution in [0, 0.1) is 5.41 Å². The highest BCUT2D eigenvalue weighted by Gasteiger charge is 2.30. The first kappa shape index (κ1) is 26.9. The molecule has 1 atom stereocenters. The van der Waals surface area contributed by atoms with E-state index in [4.69, 9.17) is 15.9 Å². The minimum Gasteiger partial charge on any atom is -0.507 e. The van der Waals surface area contributed by atoms with Crippen molar-refractivity contribution in [1.82, 2.24) is 10.2 Å². The summed E-state index contributed by atoms with van der Waals surface area (Å²) in [5.74, 6) is -0.0257. The molecule has 2 aromatic rings. The number of nitrogens with zero attached hydrogens (tertiary/aromatic N) is 2. The highest BCUT2D eigenvalue weighted by Crippen LogP contribution is 2.37. The molecule has 0 radical (unpaired) electrons. The van der Waals surface area contributed by atoms with Crippen LogP contribution in [-0.4, -0.2) is 48.0 Å². The predicted molar refractivity (Wildman–Crippen MR) is 147 cm³/mol. The van der Waals surface area contributed by atoms with E-state index in [0.29, 0.717) is 17.0 Å². The number of anilines is 1. The fourth-order valence-electron chi connectivity index (χ4n) is 5.43. The van der Waals surface area contributed by atoms with E-state index in [1.165, 1.54) is 23.3 Å². The number of carbonyl (C=O) groups excluding carboxylic acids is 1. The number of hydrogen-bond acceptors (Lipinski definition) is 6. The Balaban J connectivity index is 1.66. The molecule has 1 amide bonds. The first-order valence-corrected chi connectivity index (χ1v) is 13.4. The Kier molecular flexibility index (Phi) is 8.71. The van der Waals surface area contributed by atoms with Crippen LogP contribution in [0.3, 0.4) is 0 Å². The summed E-state index contributed by atoms with van der Waals surface area (Å²) in [5, 5.41) is 22.8. The molecule has 0 bridgehead atoms. The lowest BCUT2D eigenvalue weighted by molar-refractivity contribution is -0.115. The van der Waals surface area contributed by atoms with Crippen LogP contribution >= 0.6 is 0 Å². The van der Waals surface area contributed by atoms with Crippen molar-refractivity contribution in [2.75, 3.05) is 25.1 Å². The van der Waals surface area contributed by atoms with Crippen molar-refractivity contribution in [2.24, 2.45) is 5.73 Å². The van der Waals surface area contributed by atoms with Gasteiger partial charge < -0.3 is 25.8 Å². The monoisotopic (exact) mass is 507 g/mol. The number of rotatable bonds is 8. The van der Waals surface area contributed by atoms with Crippen LogP contribution in [0.2, 0.25) is 0 Å². The average Bonchev–Trinajstić information content (AvgIpc) is 3.59. The van der Waals surface area contributed by atoms with Gasteiger partial charge in [-0.25, -0.2) is 0 Å². The number of aromatic hydroxyl groups is 1. The number of amidine groups is 1. The number of benzene rings is 2. The maximum absolute atomic E-state index is 13.2. The summed E-state index contributed by atoms with van der Waals surface area (Å²) in [6.45, 7) is 7.18. The summed E-state index contributed by atoms with van der Waals surface area (Å²) in [7, 11) is 1.57. The molecular weight excluding hydrogens is 466 g/mol. The fourth-order valence-corrected chi connectivity index (χ4v) is 5.43. The first-order chi connectivity index (χ1) is 17.8. The zero-order chi connectivity index (χ0) is 26.5. The molecule has 2 aliphatic rings. The number of hydrogen-bond donors (Lipinski definition) is 4. The van der Waals surface area contributed by atoms with Gasteiger partial charge in [-0.05, 0) is 74.0 Å². The van der Waals surface area contributed by atoms with E-state index in [1.807, 2.05) is 44.2 Å². The number of nitrogens with one attached hydrogen (secondary N) is 2. The number of phenolic OH excluding ortho intramolecular Hbond substituents is 1. The number of ether oxygens (including phenoxy) is 1. The molecule has 0 spiro atoms. The Hall–Kier alpha value is -3.10. The van der Waals surface area contributed by atoms with Crippen molar-refractivity contribution in [3.8, 4) is 11.5 Å². The van der Waals surface area contributed by atoms with Crippen molar-refractivity contribution in [1.29, 1.82) is 5.41 Å². The van der Waals surface area contributed by atoms with E-state index < -0.39 is 12.1 Å². The molecule has 1 aliphatic carbocycles. The molecule has 4 rings (SSSR count). The van der Waals surface area contributed by atoms with Crippen molar-refractivity contribution in [2.45, 2.75) is 77.0 Å². The lowest BCUT2D eigenvalue weighted by Gasteiger charge is -2.32. The quantitative estimate of drug-likeness (QED) is 0.235. The molecule has 5 N–H and O–H groups in total. The largest absolute Gasteiger partial charge is 0.507 e. The number of carbonyl (C=O) groups is 1. The van der Waals surface area contributed by atoms with E-state index in [2.05, 4.69) is 10.2 Å². The zero-order valence-electron chi connectivity index (χ0n) is 22.3. The van der Waals surface area contributed by atoms with E-state index in [-0.39, 0.29) is 23.5 Å². The van der Waals surface area contributed by atoms with Gasteiger partial charge in [0, 0.05) is 29.9 Å². The Morgan fingerprint density at radius 2 is 1.78 bits per heavy atom. The van der Waals surface area contributed by atoms with Gasteiger partial charge in [0.05, 0.1) is 7.11 Å². The van der Waals surface area contributed by atoms with Gasteiger partial charge in [0.2, 0.25) is 0 Å². The standard InChI is InChI=1S/C29H41N5O3/c1-19(2)23-16-24(25(35)17-26(23)37-3)27(30)34(28(31)29(36)32-21-8-4-5-9-21)22-12-10-20(11-13-22)18-33-14-6-7-15-33/h10-13,16-17,19,21,27,31,35H,4-9,14-15,18,30H2,1-3H3,(H,32,36). The van der Waals surface area contributed by atoms with Crippen LogP contribution in [-0.2, 0) is 11.3 Å². The van der Waals surface area contributed by atoms with Gasteiger partial charge >= 0.3 is 0 Å². The zero-order valence-corrected chi connectivity index (χ0v) is 22.3. The average molecular weight is 508 g/mol. The van der Waals surface area contributed by atoms with E-state index >= 15 is 0 Å². The summed E-state index contributed by atoms with van der Waals surface area (Å²) in [4.78, 5) is 17.1. The summed E-state index contributed by atoms with van der Waals surface area (Å²) >= 11 is 0. The van der Waals surface area contributed by atoms with Crippen LogP contribution < -0.4 is 20.7 Å². The third-order valence-corrected chi connectivity index (χ3v) is 7.56. The SMILES string of the molecule is COc1cc(O)c(C(N)N(C(=N)C(=O)NC2CCCC2)c2ccc(CN3CCCC3)cc2)cc1C(C)C. The molecular formula is C29H41N5O3. The van der Waals surface area contributed by atoms with E-state index in [1.54, 1.807) is 13.2 Å². The summed E-state index contributed by atoms with van der Waals surface area (Å²) < 4.78 is 5.47. The van der Waals surface area contributed by atoms with Crippen molar-refractivity contribution < 1.29 is 14.6 Å². The fraction of sp³-hybridized carbons (Fsp3) is 0.517. The van der Waals surface area contributed by atoms with E-state index in [0.717, 1.165) is 50.9 Å². The normalized spacial score (nSPS) is 17.2. The Bertz CT molecular complexity index is 1090. The maximum Gasteiger partial charge on any atom is 0.286 e. The number of amides is 1. The summed E-state index contributed by atoms with van der Waals surface area (Å²) in [6, 6.07) is 11.3. The maximum atomic E-state index is 13.2. The van der Waals surface area contributed by atoms with Gasteiger partial charge in [-0.15, -0.1) is 0 Å². The van der Waals surface area contributed by atoms with Gasteiger partial charge in [0.25, 0.3) is 5.91 Å². The second-order valence-corrected chi connectivity index (χ2v) is 10.6. The van der Waals surface area contributed by atoms with Crippen molar-refractivity contribution in [3.63, 3.8) is 0 Å². The Labute approximate surface area is 220 Å². The molecule has 1 aliphatic heterocycles. The summed E-state index contributed by atoms with van der Waals surface area (Å²) in [5.41, 5.74) is 9.88. The summed E-state index contributed by atoms with van der Waals surface area (Å²) in [6.07, 6.45) is 5.53. The molecule has 1 saturated carbocycles. The minimum absolute atomic E-state index is 0.0339. The molecule has 37 heavy (non-hydrogen) atoms. The van der Waals surface area contributed by atoms with Crippen LogP contribution in [0.1, 0.15) is 81.1 Å². The molecule has 1 saturated heterocycles. The van der Waals surface area contributed by atoms with Crippen molar-refractivity contribution in [3.05, 3.63) is 53.1 Å². The molecule has 0 aromatic heterocycles. The number of methoxy groups -OCH3 is 1. The van der Waals surface area contributed by atoms with Gasteiger partial charge in [-0.2, -0.15) is 0 Å². The molecule has 200 valence electrons. The molecule has 2 fully saturated rings. The topological polar surface area (TPSA) is 115 Å². The third kappa shape index (κ3) is 6.25. The van der Waals surface area contributed by atoms with Gasteiger partial charge in [0.15, 0.2) is 5.84 Å². The predicted octanol–water partition coefficient (Wildman–Crippen LogP) is 4.62. The first-order valence-electron chi connectivity index (χ1n) is 13.4. The van der Waals surface area contributed by atoms with Crippen LogP contribution in [0.25, 0.3) is 0 Å². The Morgan fingerprint density at radius 3 is 2.38 bits per heavy atom. The number of phenols is 1. The molecule has 2 aromatic carbocycles. The molecule has 8 heteroatoms. The Morgan fingerprint density at radius 1 is 1.14 bits per heavy atom. The van der Waals surface area contributed by atoms with Gasteiger partial charge in [-0.3, -0.25) is 15.1 Å². The molecule has 1 heterocycles. The van der Waals surface area contributed by atoms with E-state index in [9.17, 15) is 9.90 Å². The van der Waals surface area contributed by atoms with Crippen LogP contribution in [0.4, 0.5) is 5.69 Å². The number of nitrogens with two attached hydrogens (primary N) is 1. The van der Waals surface area contributed by atoms with Gasteiger partial charge in [-0.1, -0.05) is 38.8 Å².